The maximum absolute atomic E-state index is 3.22. The van der Waals surface area contributed by atoms with Crippen molar-refractivity contribution in [3.05, 3.63) is 386 Å². The summed E-state index contributed by atoms with van der Waals surface area (Å²) in [5.74, 6) is 0. The molecule has 4 aliphatic carbocycles. The van der Waals surface area contributed by atoms with Crippen molar-refractivity contribution in [1.29, 1.82) is 0 Å². The molecule has 16 rings (SSSR count). The zero-order valence-corrected chi connectivity index (χ0v) is 58.3. The molecule has 0 saturated heterocycles. The van der Waals surface area contributed by atoms with Crippen LogP contribution in [0.15, 0.2) is 340 Å². The number of rotatable bonds is 8. The van der Waals surface area contributed by atoms with Crippen LogP contribution in [-0.4, -0.2) is 10.9 Å². The second kappa shape index (κ2) is 35.1. The molecule has 6 heteroatoms. The van der Waals surface area contributed by atoms with Crippen molar-refractivity contribution in [3.8, 4) is 0 Å². The SMILES string of the molecule is [C-]1=CC(c2cccc3ccccc23)=CC1.[C-]1=CC(c2cccc3ccccc23)=CC1.[C-]1=CC(c2cccc3ccccc23)=CC1.[C-]1=CC(c2cccc3ccccc23)=CC1.[Cl-].[Cl-].[Zr+2]=[Si](c1ccccc1)c1ccccc1.[Zr+2]=[Si](c1ccccc1)c1ccccc1. The molecule has 0 radical (unpaired) electrons. The molecule has 0 atom stereocenters. The van der Waals surface area contributed by atoms with E-state index in [0.717, 1.165) is 25.7 Å². The Morgan fingerprint density at radius 3 is 0.611 bits per heavy atom. The van der Waals surface area contributed by atoms with Gasteiger partial charge in [-0.25, -0.2) is 24.3 Å². The van der Waals surface area contributed by atoms with Gasteiger partial charge in [0.1, 0.15) is 0 Å². The van der Waals surface area contributed by atoms with Crippen LogP contribution in [0.1, 0.15) is 47.9 Å². The van der Waals surface area contributed by atoms with E-state index in [4.69, 9.17) is 0 Å². The molecule has 90 heavy (non-hydrogen) atoms. The van der Waals surface area contributed by atoms with Crippen LogP contribution in [0.3, 0.4) is 0 Å². The van der Waals surface area contributed by atoms with E-state index < -0.39 is 10.9 Å². The van der Waals surface area contributed by atoms with Gasteiger partial charge in [-0.1, -0.05) is 192 Å². The molecule has 0 amide bonds. The Hall–Kier alpha value is -7.62. The van der Waals surface area contributed by atoms with Crippen LogP contribution >= 0.6 is 0 Å². The van der Waals surface area contributed by atoms with Crippen LogP contribution in [0, 0.1) is 24.3 Å². The molecular formula is C84H64Cl2Si2Zr2-2. The van der Waals surface area contributed by atoms with Crippen LogP contribution in [0.4, 0.5) is 0 Å². The van der Waals surface area contributed by atoms with E-state index in [-0.39, 0.29) is 24.8 Å². The van der Waals surface area contributed by atoms with Crippen molar-refractivity contribution in [1.82, 2.24) is 0 Å². The normalized spacial score (nSPS) is 12.8. The van der Waals surface area contributed by atoms with E-state index in [9.17, 15) is 0 Å². The van der Waals surface area contributed by atoms with Crippen molar-refractivity contribution in [2.45, 2.75) is 25.7 Å². The Balaban J connectivity index is 0.000000128. The molecule has 0 aromatic heterocycles. The zero-order chi connectivity index (χ0) is 60.0. The molecule has 12 aromatic rings. The van der Waals surface area contributed by atoms with Crippen molar-refractivity contribution in [2.24, 2.45) is 0 Å². The summed E-state index contributed by atoms with van der Waals surface area (Å²) < 4.78 is 0. The molecule has 12 aromatic carbocycles. The van der Waals surface area contributed by atoms with E-state index >= 15 is 0 Å². The quantitative estimate of drug-likeness (QED) is 0.105. The van der Waals surface area contributed by atoms with Gasteiger partial charge in [-0.15, -0.1) is 25.7 Å². The minimum absolute atomic E-state index is 0. The second-order valence-corrected chi connectivity index (χ2v) is 32.4. The Morgan fingerprint density at radius 1 is 0.222 bits per heavy atom. The fourth-order valence-corrected chi connectivity index (χ4v) is 18.7. The summed E-state index contributed by atoms with van der Waals surface area (Å²) >= 11 is 3.29. The van der Waals surface area contributed by atoms with E-state index in [1.807, 2.05) is 0 Å². The van der Waals surface area contributed by atoms with Crippen molar-refractivity contribution in [2.75, 3.05) is 0 Å². The van der Waals surface area contributed by atoms with Gasteiger partial charge in [0, 0.05) is 0 Å². The Morgan fingerprint density at radius 2 is 0.411 bits per heavy atom. The Kier molecular flexibility index (Phi) is 26.1. The Labute approximate surface area is 574 Å². The van der Waals surface area contributed by atoms with Crippen LogP contribution in [0.2, 0.25) is 0 Å². The molecule has 0 unspecified atom stereocenters. The van der Waals surface area contributed by atoms with Gasteiger partial charge in [0.05, 0.1) is 0 Å². The third-order valence-corrected chi connectivity index (χ3v) is 27.6. The maximum atomic E-state index is 3.22. The number of benzene rings is 12. The van der Waals surface area contributed by atoms with Crippen molar-refractivity contribution < 1.29 is 71.5 Å². The average Bonchev–Trinajstić information content (AvgIpc) is 2.17. The molecule has 0 aliphatic heterocycles. The number of hydrogen-bond acceptors (Lipinski definition) is 0. The summed E-state index contributed by atoms with van der Waals surface area (Å²) in [6, 6.07) is 103. The third kappa shape index (κ3) is 17.9. The van der Waals surface area contributed by atoms with Crippen LogP contribution in [0.5, 0.6) is 0 Å². The zero-order valence-electron chi connectivity index (χ0n) is 49.9. The molecule has 0 spiro atoms. The van der Waals surface area contributed by atoms with E-state index in [2.05, 4.69) is 364 Å². The van der Waals surface area contributed by atoms with E-state index in [0.29, 0.717) is 0 Å². The topological polar surface area (TPSA) is 0 Å². The van der Waals surface area contributed by atoms with Gasteiger partial charge in [0.25, 0.3) is 0 Å². The summed E-state index contributed by atoms with van der Waals surface area (Å²) in [5.41, 5.74) is 9.55. The summed E-state index contributed by atoms with van der Waals surface area (Å²) in [4.78, 5) is 0. The predicted octanol–water partition coefficient (Wildman–Crippen LogP) is 12.6. The number of fused-ring (bicyclic) bond motifs is 4. The fourth-order valence-electron chi connectivity index (χ4n) is 11.0. The van der Waals surface area contributed by atoms with Gasteiger partial charge in [-0.3, -0.25) is 24.3 Å². The van der Waals surface area contributed by atoms with Gasteiger partial charge in [0.15, 0.2) is 0 Å². The van der Waals surface area contributed by atoms with E-state index in [1.165, 1.54) is 108 Å². The van der Waals surface area contributed by atoms with Gasteiger partial charge in [0.2, 0.25) is 0 Å². The fraction of sp³-hybridized carbons (Fsp3) is 0.0476. The first-order valence-electron chi connectivity index (χ1n) is 29.9. The molecule has 0 N–H and O–H groups in total. The standard InChI is InChI=1S/4C15H11.2C12H10Si.2ClH.2Zr/c4*1-2-7-12(6-1)15-11-5-9-13-8-3-4-10-14(13)15;2*1-3-7-11(8-4-1)13-12-9-5-2-6-10-12;;;;/h4*3-11H,1H2;2*1-10H;2*1H;;/q4*-1;;;;;2*+2/p-2. The second-order valence-electron chi connectivity index (χ2n) is 21.2. The first-order valence-corrected chi connectivity index (χ1v) is 40.3. The van der Waals surface area contributed by atoms with Gasteiger partial charge >= 0.3 is 200 Å². The summed E-state index contributed by atoms with van der Waals surface area (Å²) in [5, 5.41) is 16.6. The third-order valence-electron chi connectivity index (χ3n) is 15.4. The van der Waals surface area contributed by atoms with Gasteiger partial charge < -0.3 is 24.8 Å². The van der Waals surface area contributed by atoms with Gasteiger partial charge in [-0.05, 0) is 43.1 Å². The van der Waals surface area contributed by atoms with Crippen LogP contribution in [-0.2, 0) is 46.7 Å². The van der Waals surface area contributed by atoms with Gasteiger partial charge in [-0.2, -0.15) is 46.6 Å². The van der Waals surface area contributed by atoms with Crippen LogP contribution < -0.4 is 45.6 Å². The predicted molar refractivity (Wildman–Crippen MR) is 373 cm³/mol. The minimum atomic E-state index is -0.455. The molecular weight excluding hydrogens is 1320 g/mol. The molecule has 0 saturated carbocycles. The summed E-state index contributed by atoms with van der Waals surface area (Å²) in [6.07, 6.45) is 33.9. The molecule has 0 heterocycles. The molecule has 0 bridgehead atoms. The summed E-state index contributed by atoms with van der Waals surface area (Å²) in [6.45, 7) is 0. The number of hydrogen-bond donors (Lipinski definition) is 0. The molecule has 432 valence electrons. The van der Waals surface area contributed by atoms with E-state index in [1.54, 1.807) is 46.7 Å². The first-order chi connectivity index (χ1) is 43.6. The average molecular weight is 1380 g/mol. The molecule has 0 fully saturated rings. The molecule has 0 nitrogen and oxygen atoms in total. The number of halogens is 2. The number of allylic oxidation sites excluding steroid dienone is 16. The molecule has 4 aliphatic rings. The van der Waals surface area contributed by atoms with Crippen molar-refractivity contribution in [3.63, 3.8) is 0 Å². The summed E-state index contributed by atoms with van der Waals surface area (Å²) in [7, 11) is 0. The monoisotopic (exact) mass is 1380 g/mol. The van der Waals surface area contributed by atoms with Crippen molar-refractivity contribution >= 4 is 97.0 Å². The van der Waals surface area contributed by atoms with Crippen LogP contribution in [0.25, 0.3) is 65.4 Å². The first kappa shape index (κ1) is 66.8. The Bertz CT molecular complexity index is 4020.